The van der Waals surface area contributed by atoms with Crippen molar-refractivity contribution in [3.8, 4) is 11.8 Å². The van der Waals surface area contributed by atoms with E-state index in [9.17, 15) is 4.79 Å². The predicted octanol–water partition coefficient (Wildman–Crippen LogP) is 2.89. The van der Waals surface area contributed by atoms with Gasteiger partial charge in [0.1, 0.15) is 0 Å². The van der Waals surface area contributed by atoms with Crippen LogP contribution >= 0.6 is 11.3 Å². The Morgan fingerprint density at radius 3 is 2.65 bits per heavy atom. The number of hydrogen-bond acceptors (Lipinski definition) is 3. The van der Waals surface area contributed by atoms with Gasteiger partial charge in [0, 0.05) is 24.9 Å². The van der Waals surface area contributed by atoms with Gasteiger partial charge < -0.3 is 10.0 Å². The molecule has 1 aliphatic heterocycles. The molecule has 1 aromatic heterocycles. The summed E-state index contributed by atoms with van der Waals surface area (Å²) in [5.74, 6) is 6.01. The fourth-order valence-corrected chi connectivity index (χ4v) is 3.10. The van der Waals surface area contributed by atoms with Gasteiger partial charge in [-0.1, -0.05) is 31.1 Å². The van der Waals surface area contributed by atoms with Crippen molar-refractivity contribution in [2.24, 2.45) is 0 Å². The fraction of sp³-hybridized carbons (Fsp3) is 0.562. The van der Waals surface area contributed by atoms with Crippen molar-refractivity contribution in [3.63, 3.8) is 0 Å². The number of carbonyl (C=O) groups is 1. The maximum absolute atomic E-state index is 12.5. The van der Waals surface area contributed by atoms with Gasteiger partial charge in [0.2, 0.25) is 0 Å². The Balaban J connectivity index is 1.99. The SMILES string of the molecule is O=C(c1csc(C#CCCO)c1)N1CCCCCCC1. The zero-order chi connectivity index (χ0) is 14.2. The lowest BCUT2D eigenvalue weighted by Crippen LogP contribution is -2.33. The Morgan fingerprint density at radius 1 is 1.25 bits per heavy atom. The molecule has 1 saturated heterocycles. The lowest BCUT2D eigenvalue weighted by molar-refractivity contribution is 0.0743. The zero-order valence-electron chi connectivity index (χ0n) is 11.7. The molecular formula is C16H21NO2S. The number of hydrogen-bond donors (Lipinski definition) is 1. The van der Waals surface area contributed by atoms with Crippen LogP contribution in [0.2, 0.25) is 0 Å². The van der Waals surface area contributed by atoms with E-state index >= 15 is 0 Å². The normalized spacial score (nSPS) is 15.9. The molecule has 20 heavy (non-hydrogen) atoms. The third-order valence-corrected chi connectivity index (χ3v) is 4.28. The molecule has 2 rings (SSSR count). The van der Waals surface area contributed by atoms with Crippen molar-refractivity contribution in [3.05, 3.63) is 21.9 Å². The van der Waals surface area contributed by atoms with E-state index in [1.807, 2.05) is 16.3 Å². The summed E-state index contributed by atoms with van der Waals surface area (Å²) in [6.07, 6.45) is 6.45. The van der Waals surface area contributed by atoms with Crippen LogP contribution in [-0.4, -0.2) is 35.6 Å². The van der Waals surface area contributed by atoms with E-state index in [1.165, 1.54) is 30.6 Å². The van der Waals surface area contributed by atoms with Crippen molar-refractivity contribution >= 4 is 17.2 Å². The van der Waals surface area contributed by atoms with Crippen molar-refractivity contribution in [2.75, 3.05) is 19.7 Å². The van der Waals surface area contributed by atoms with Crippen molar-refractivity contribution in [2.45, 2.75) is 38.5 Å². The quantitative estimate of drug-likeness (QED) is 0.851. The molecule has 0 aromatic carbocycles. The van der Waals surface area contributed by atoms with Crippen LogP contribution in [0.1, 0.15) is 53.8 Å². The van der Waals surface area contributed by atoms with Gasteiger partial charge in [-0.25, -0.2) is 0 Å². The van der Waals surface area contributed by atoms with E-state index in [-0.39, 0.29) is 12.5 Å². The Bertz CT molecular complexity index is 490. The van der Waals surface area contributed by atoms with E-state index in [1.54, 1.807) is 0 Å². The molecule has 2 heterocycles. The summed E-state index contributed by atoms with van der Waals surface area (Å²) >= 11 is 1.50. The standard InChI is InChI=1S/C16H21NO2S/c18-11-7-4-8-15-12-14(13-20-15)16(19)17-9-5-2-1-3-6-10-17/h12-13,18H,1-3,5-7,9-11H2. The van der Waals surface area contributed by atoms with E-state index < -0.39 is 0 Å². The molecule has 0 atom stereocenters. The topological polar surface area (TPSA) is 40.5 Å². The largest absolute Gasteiger partial charge is 0.395 e. The molecule has 1 aromatic rings. The molecule has 1 fully saturated rings. The summed E-state index contributed by atoms with van der Waals surface area (Å²) in [6, 6.07) is 1.87. The number of aliphatic hydroxyl groups excluding tert-OH is 1. The molecule has 0 bridgehead atoms. The molecule has 3 nitrogen and oxygen atoms in total. The number of aliphatic hydroxyl groups is 1. The second-order valence-electron chi connectivity index (χ2n) is 5.03. The Kier molecular flexibility index (Phi) is 6.10. The molecule has 0 radical (unpaired) electrons. The summed E-state index contributed by atoms with van der Waals surface area (Å²) in [4.78, 5) is 15.3. The maximum atomic E-state index is 12.5. The molecular weight excluding hydrogens is 270 g/mol. The van der Waals surface area contributed by atoms with Crippen LogP contribution in [-0.2, 0) is 0 Å². The highest BCUT2D eigenvalue weighted by molar-refractivity contribution is 7.10. The van der Waals surface area contributed by atoms with Gasteiger partial charge in [0.15, 0.2) is 0 Å². The lowest BCUT2D eigenvalue weighted by Gasteiger charge is -2.24. The molecule has 1 N–H and O–H groups in total. The second kappa shape index (κ2) is 8.08. The van der Waals surface area contributed by atoms with E-state index in [0.717, 1.165) is 36.4 Å². The van der Waals surface area contributed by atoms with Crippen LogP contribution in [0.25, 0.3) is 0 Å². The first-order valence-electron chi connectivity index (χ1n) is 7.29. The third-order valence-electron chi connectivity index (χ3n) is 3.44. The molecule has 108 valence electrons. The van der Waals surface area contributed by atoms with Crippen molar-refractivity contribution in [1.82, 2.24) is 4.90 Å². The average molecular weight is 291 g/mol. The second-order valence-corrected chi connectivity index (χ2v) is 5.95. The highest BCUT2D eigenvalue weighted by Crippen LogP contribution is 2.18. The summed E-state index contributed by atoms with van der Waals surface area (Å²) in [5.41, 5.74) is 0.754. The van der Waals surface area contributed by atoms with Crippen LogP contribution in [0.4, 0.5) is 0 Å². The summed E-state index contributed by atoms with van der Waals surface area (Å²) in [5, 5.41) is 10.6. The molecule has 0 unspecified atom stereocenters. The van der Waals surface area contributed by atoms with Crippen LogP contribution in [0.5, 0.6) is 0 Å². The minimum Gasteiger partial charge on any atom is -0.395 e. The van der Waals surface area contributed by atoms with Gasteiger partial charge >= 0.3 is 0 Å². The van der Waals surface area contributed by atoms with Gasteiger partial charge in [-0.05, 0) is 18.9 Å². The van der Waals surface area contributed by atoms with E-state index in [2.05, 4.69) is 11.8 Å². The molecule has 0 saturated carbocycles. The van der Waals surface area contributed by atoms with Gasteiger partial charge in [0.25, 0.3) is 5.91 Å². The van der Waals surface area contributed by atoms with Crippen molar-refractivity contribution in [1.29, 1.82) is 0 Å². The number of likely N-dealkylation sites (tertiary alicyclic amines) is 1. The summed E-state index contributed by atoms with van der Waals surface area (Å²) in [7, 11) is 0. The first kappa shape index (κ1) is 15.1. The molecule has 4 heteroatoms. The summed E-state index contributed by atoms with van der Waals surface area (Å²) < 4.78 is 0. The Labute approximate surface area is 124 Å². The summed E-state index contributed by atoms with van der Waals surface area (Å²) in [6.45, 7) is 1.83. The molecule has 0 spiro atoms. The average Bonchev–Trinajstić information content (AvgIpc) is 2.87. The number of amides is 1. The first-order chi connectivity index (χ1) is 9.81. The molecule has 1 amide bonds. The predicted molar refractivity (Wildman–Crippen MR) is 81.9 cm³/mol. The Morgan fingerprint density at radius 2 is 1.95 bits per heavy atom. The van der Waals surface area contributed by atoms with E-state index in [4.69, 9.17) is 5.11 Å². The zero-order valence-corrected chi connectivity index (χ0v) is 12.5. The highest BCUT2D eigenvalue weighted by Gasteiger charge is 2.17. The van der Waals surface area contributed by atoms with E-state index in [0.29, 0.717) is 6.42 Å². The fourth-order valence-electron chi connectivity index (χ4n) is 2.35. The number of thiophene rings is 1. The monoisotopic (exact) mass is 291 g/mol. The van der Waals surface area contributed by atoms with Crippen molar-refractivity contribution < 1.29 is 9.90 Å². The van der Waals surface area contributed by atoms with Gasteiger partial charge in [0.05, 0.1) is 17.0 Å². The highest BCUT2D eigenvalue weighted by atomic mass is 32.1. The van der Waals surface area contributed by atoms with Crippen LogP contribution < -0.4 is 0 Å². The Hall–Kier alpha value is -1.31. The van der Waals surface area contributed by atoms with Gasteiger partial charge in [-0.2, -0.15) is 0 Å². The lowest BCUT2D eigenvalue weighted by atomic mass is 10.1. The van der Waals surface area contributed by atoms with Gasteiger partial charge in [-0.15, -0.1) is 11.3 Å². The van der Waals surface area contributed by atoms with Crippen LogP contribution in [0.15, 0.2) is 11.4 Å². The maximum Gasteiger partial charge on any atom is 0.254 e. The number of nitrogens with zero attached hydrogens (tertiary/aromatic N) is 1. The number of rotatable bonds is 2. The first-order valence-corrected chi connectivity index (χ1v) is 8.17. The molecule has 0 aliphatic carbocycles. The minimum absolute atomic E-state index is 0.0813. The van der Waals surface area contributed by atoms with Crippen LogP contribution in [0, 0.1) is 11.8 Å². The van der Waals surface area contributed by atoms with Crippen LogP contribution in [0.3, 0.4) is 0 Å². The molecule has 1 aliphatic rings. The van der Waals surface area contributed by atoms with Gasteiger partial charge in [-0.3, -0.25) is 4.79 Å². The number of carbonyl (C=O) groups excluding carboxylic acids is 1. The smallest absolute Gasteiger partial charge is 0.254 e. The third kappa shape index (κ3) is 4.36. The minimum atomic E-state index is 0.0813.